The van der Waals surface area contributed by atoms with Crippen molar-refractivity contribution in [1.29, 1.82) is 0 Å². The van der Waals surface area contributed by atoms with Gasteiger partial charge in [0.15, 0.2) is 0 Å². The van der Waals surface area contributed by atoms with Crippen molar-refractivity contribution >= 4 is 63.7 Å². The first-order valence-electron chi connectivity index (χ1n) is 20.4. The molecule has 1 atom stereocenters. The maximum atomic E-state index is 6.17. The highest BCUT2D eigenvalue weighted by atomic mass is 28.4. The van der Waals surface area contributed by atoms with E-state index in [2.05, 4.69) is 62.4 Å². The van der Waals surface area contributed by atoms with Crippen LogP contribution in [0.25, 0.3) is 0 Å². The van der Waals surface area contributed by atoms with Crippen LogP contribution in [0.15, 0.2) is 12.1 Å². The van der Waals surface area contributed by atoms with Gasteiger partial charge in [-0.3, -0.25) is 0 Å². The minimum atomic E-state index is -2.68. The minimum absolute atomic E-state index is 0.264. The van der Waals surface area contributed by atoms with Crippen LogP contribution < -0.4 is 21.0 Å². The number of hydrogen-bond donors (Lipinski definition) is 2. The molecule has 10 nitrogen and oxygen atoms in total. The van der Waals surface area contributed by atoms with Crippen LogP contribution in [0.1, 0.15) is 78.0 Å². The normalized spacial score (nSPS) is 13.9. The Morgan fingerprint density at radius 3 is 1.44 bits per heavy atom. The van der Waals surface area contributed by atoms with E-state index >= 15 is 0 Å². The maximum absolute atomic E-state index is 6.17. The first kappa shape index (κ1) is 50.1. The molecule has 1 unspecified atom stereocenters. The van der Waals surface area contributed by atoms with E-state index in [4.69, 9.17) is 35.4 Å². The van der Waals surface area contributed by atoms with Crippen LogP contribution in [-0.4, -0.2) is 126 Å². The van der Waals surface area contributed by atoms with Crippen LogP contribution in [0.3, 0.4) is 0 Å². The predicted molar refractivity (Wildman–Crippen MR) is 234 cm³/mol. The Labute approximate surface area is 328 Å². The van der Waals surface area contributed by atoms with E-state index in [1.54, 1.807) is 15.9 Å². The smallest absolute Gasteiger partial charge is 0.397 e. The largest absolute Gasteiger partial charge is 0.500 e. The van der Waals surface area contributed by atoms with Crippen molar-refractivity contribution < 1.29 is 35.4 Å². The number of benzene rings is 1. The molecule has 0 aliphatic heterocycles. The summed E-state index contributed by atoms with van der Waals surface area (Å²) in [6, 6.07) is 7.76. The van der Waals surface area contributed by atoms with Gasteiger partial charge in [0, 0.05) is 77.3 Å². The van der Waals surface area contributed by atoms with Crippen molar-refractivity contribution in [3.63, 3.8) is 0 Å². The molecular weight excluding hydrogens is 757 g/mol. The van der Waals surface area contributed by atoms with E-state index in [1.165, 1.54) is 11.6 Å². The Hall–Kier alpha value is 0.121. The van der Waals surface area contributed by atoms with Gasteiger partial charge >= 0.3 is 26.2 Å². The summed E-state index contributed by atoms with van der Waals surface area (Å²) in [5, 5.41) is 11.2. The standard InChI is InChI=1S/C36H80N2O8Si6/c1-15-41-51(42-16-2,43-17-3)29-21-26-37-36(38-27-22-30-52(44-18-4,45-19-5)46-20-6)47-28-25-32-23-24-33(48(10)11)35(49(12)13)34(32)31(7)50(14,39-8)40-9/h23-24,31,36-38,48-49H,15-22,25-30,47H2,1-14H3. The molecule has 0 saturated heterocycles. The Morgan fingerprint density at radius 1 is 0.673 bits per heavy atom. The lowest BCUT2D eigenvalue weighted by atomic mass is 10.0. The van der Waals surface area contributed by atoms with E-state index in [-0.39, 0.29) is 5.54 Å². The minimum Gasteiger partial charge on any atom is -0.397 e. The quantitative estimate of drug-likeness (QED) is 0.0612. The molecule has 0 saturated carbocycles. The third-order valence-corrected chi connectivity index (χ3v) is 25.4. The summed E-state index contributed by atoms with van der Waals surface area (Å²) in [4.78, 5) is 0. The molecule has 52 heavy (non-hydrogen) atoms. The second-order valence-corrected chi connectivity index (χ2v) is 31.2. The molecule has 0 heterocycles. The van der Waals surface area contributed by atoms with Crippen molar-refractivity contribution in [3.8, 4) is 0 Å². The van der Waals surface area contributed by atoms with Crippen LogP contribution >= 0.6 is 0 Å². The Morgan fingerprint density at radius 2 is 1.10 bits per heavy atom. The molecule has 0 radical (unpaired) electrons. The molecule has 1 rings (SSSR count). The van der Waals surface area contributed by atoms with Gasteiger partial charge in [-0.25, -0.2) is 0 Å². The van der Waals surface area contributed by atoms with E-state index < -0.39 is 53.3 Å². The average Bonchev–Trinajstić information content (AvgIpc) is 3.11. The molecule has 1 aromatic carbocycles. The zero-order valence-corrected chi connectivity index (χ0v) is 42.6. The van der Waals surface area contributed by atoms with Gasteiger partial charge in [0.1, 0.15) is 0 Å². The molecule has 1 aromatic rings. The zero-order chi connectivity index (χ0) is 39.2. The SMILES string of the molecule is CCO[Si](CCCNC(NCCC[Si](OCC)(OCC)OCC)[SiH2]CCc1ccc([SiH](C)C)c([SiH](C)C)c1C(C)[Si](C)(OC)OC)(OCC)OCC. The second kappa shape index (κ2) is 26.9. The van der Waals surface area contributed by atoms with E-state index in [0.717, 1.165) is 44.4 Å². The number of hydrogen-bond acceptors (Lipinski definition) is 10. The average molecular weight is 838 g/mol. The van der Waals surface area contributed by atoms with E-state index in [9.17, 15) is 0 Å². The highest BCUT2D eigenvalue weighted by Crippen LogP contribution is 2.30. The monoisotopic (exact) mass is 836 g/mol. The lowest BCUT2D eigenvalue weighted by molar-refractivity contribution is 0.0701. The van der Waals surface area contributed by atoms with Crippen LogP contribution in [0, 0.1) is 0 Å². The molecule has 0 amide bonds. The van der Waals surface area contributed by atoms with E-state index in [1.807, 2.05) is 55.8 Å². The third-order valence-electron chi connectivity index (χ3n) is 9.87. The highest BCUT2D eigenvalue weighted by Gasteiger charge is 2.42. The molecule has 306 valence electrons. The first-order chi connectivity index (χ1) is 24.8. The van der Waals surface area contributed by atoms with Crippen molar-refractivity contribution in [1.82, 2.24) is 10.6 Å². The lowest BCUT2D eigenvalue weighted by Crippen LogP contribution is -2.51. The van der Waals surface area contributed by atoms with Gasteiger partial charge in [-0.2, -0.15) is 0 Å². The Bertz CT molecular complexity index is 1020. The number of rotatable bonds is 32. The molecule has 0 aliphatic rings. The van der Waals surface area contributed by atoms with Gasteiger partial charge in [0.25, 0.3) is 0 Å². The lowest BCUT2D eigenvalue weighted by Gasteiger charge is -2.34. The fourth-order valence-corrected chi connectivity index (χ4v) is 21.2. The van der Waals surface area contributed by atoms with Gasteiger partial charge in [0.05, 0.1) is 27.1 Å². The van der Waals surface area contributed by atoms with Gasteiger partial charge in [-0.05, 0) is 91.6 Å². The molecular formula is C36H80N2O8Si6. The van der Waals surface area contributed by atoms with Gasteiger partial charge in [-0.1, -0.05) is 61.7 Å². The number of aryl methyl sites for hydroxylation is 1. The predicted octanol–water partition coefficient (Wildman–Crippen LogP) is 4.55. The molecule has 2 N–H and O–H groups in total. The Kier molecular flexibility index (Phi) is 25.9. The van der Waals surface area contributed by atoms with E-state index in [0.29, 0.717) is 45.4 Å². The summed E-state index contributed by atoms with van der Waals surface area (Å²) in [5.41, 5.74) is 3.32. The molecule has 0 bridgehead atoms. The summed E-state index contributed by atoms with van der Waals surface area (Å²) in [5.74, 6) is 0.296. The molecule has 0 aromatic heterocycles. The topological polar surface area (TPSA) is 97.9 Å². The molecule has 0 aliphatic carbocycles. The van der Waals surface area contributed by atoms with Crippen molar-refractivity contribution in [2.24, 2.45) is 0 Å². The third kappa shape index (κ3) is 15.9. The zero-order valence-electron chi connectivity index (χ0n) is 35.8. The summed E-state index contributed by atoms with van der Waals surface area (Å²) in [6.07, 6.45) is 2.97. The second-order valence-electron chi connectivity index (χ2n) is 14.1. The summed E-state index contributed by atoms with van der Waals surface area (Å²) in [6.45, 7) is 32.0. The number of nitrogens with one attached hydrogen (secondary N) is 2. The molecule has 0 spiro atoms. The molecule has 0 fully saturated rings. The maximum Gasteiger partial charge on any atom is 0.500 e. The van der Waals surface area contributed by atoms with Crippen molar-refractivity contribution in [2.45, 2.75) is 130 Å². The Balaban J connectivity index is 3.27. The highest BCUT2D eigenvalue weighted by molar-refractivity contribution is 6.83. The van der Waals surface area contributed by atoms with Gasteiger partial charge in [-0.15, -0.1) is 0 Å². The summed E-state index contributed by atoms with van der Waals surface area (Å²) >= 11 is 0. The van der Waals surface area contributed by atoms with Crippen molar-refractivity contribution in [2.75, 3.05) is 67.0 Å². The fraction of sp³-hybridized carbons (Fsp3) is 0.833. The van der Waals surface area contributed by atoms with Gasteiger partial charge < -0.3 is 46.0 Å². The van der Waals surface area contributed by atoms with Crippen molar-refractivity contribution in [3.05, 3.63) is 23.3 Å². The fourth-order valence-electron chi connectivity index (χ4n) is 7.21. The summed E-state index contributed by atoms with van der Waals surface area (Å²) in [7, 11) is -6.78. The molecule has 16 heteroatoms. The van der Waals surface area contributed by atoms with Crippen LogP contribution in [0.4, 0.5) is 0 Å². The van der Waals surface area contributed by atoms with Crippen LogP contribution in [0.5, 0.6) is 0 Å². The summed E-state index contributed by atoms with van der Waals surface area (Å²) < 4.78 is 49.2. The van der Waals surface area contributed by atoms with Gasteiger partial charge in [0.2, 0.25) is 0 Å². The van der Waals surface area contributed by atoms with Crippen LogP contribution in [-0.2, 0) is 41.8 Å². The van der Waals surface area contributed by atoms with Crippen LogP contribution in [0.2, 0.25) is 50.9 Å². The first-order valence-corrected chi connectivity index (χ1v) is 34.2.